The molecular formula is C11H13NO6S2. The highest BCUT2D eigenvalue weighted by Crippen LogP contribution is 2.25. The summed E-state index contributed by atoms with van der Waals surface area (Å²) < 4.78 is 27.1. The van der Waals surface area contributed by atoms with E-state index in [1.807, 2.05) is 0 Å². The molecule has 20 heavy (non-hydrogen) atoms. The van der Waals surface area contributed by atoms with Crippen LogP contribution in [0.4, 0.5) is 0 Å². The smallest absolute Gasteiger partial charge is 0.336 e. The van der Waals surface area contributed by atoms with Crippen LogP contribution in [0.1, 0.15) is 17.3 Å². The van der Waals surface area contributed by atoms with Gasteiger partial charge in [-0.15, -0.1) is 11.8 Å². The van der Waals surface area contributed by atoms with Gasteiger partial charge in [0, 0.05) is 4.90 Å². The van der Waals surface area contributed by atoms with E-state index in [9.17, 15) is 18.0 Å². The fraction of sp³-hybridized carbons (Fsp3) is 0.273. The van der Waals surface area contributed by atoms with Crippen LogP contribution in [-0.2, 0) is 19.6 Å². The van der Waals surface area contributed by atoms with Crippen LogP contribution in [0.3, 0.4) is 0 Å². The second-order valence-electron chi connectivity index (χ2n) is 3.60. The van der Waals surface area contributed by atoms with E-state index in [1.54, 1.807) is 6.92 Å². The van der Waals surface area contributed by atoms with Crippen LogP contribution < -0.4 is 5.14 Å². The average Bonchev–Trinajstić information content (AvgIpc) is 2.35. The van der Waals surface area contributed by atoms with E-state index in [2.05, 4.69) is 0 Å². The van der Waals surface area contributed by atoms with Crippen LogP contribution in [0.25, 0.3) is 0 Å². The quantitative estimate of drug-likeness (QED) is 0.584. The average molecular weight is 319 g/mol. The number of ether oxygens (including phenoxy) is 1. The van der Waals surface area contributed by atoms with Crippen LogP contribution in [0, 0.1) is 0 Å². The summed E-state index contributed by atoms with van der Waals surface area (Å²) in [7, 11) is -3.98. The Kier molecular flexibility index (Phi) is 5.54. The number of sulfonamides is 1. The Hall–Kier alpha value is -1.58. The lowest BCUT2D eigenvalue weighted by atomic mass is 10.2. The van der Waals surface area contributed by atoms with Crippen molar-refractivity contribution in [1.82, 2.24) is 0 Å². The number of primary sulfonamides is 1. The zero-order valence-electron chi connectivity index (χ0n) is 10.5. The molecule has 3 N–H and O–H groups in total. The molecule has 1 aromatic carbocycles. The summed E-state index contributed by atoms with van der Waals surface area (Å²) in [5.41, 5.74) is -0.231. The minimum atomic E-state index is -3.98. The van der Waals surface area contributed by atoms with Gasteiger partial charge in [0.05, 0.1) is 22.8 Å². The number of hydrogen-bond donors (Lipinski definition) is 2. The molecule has 0 radical (unpaired) electrons. The van der Waals surface area contributed by atoms with Gasteiger partial charge in [-0.05, 0) is 25.1 Å². The molecule has 0 saturated heterocycles. The topological polar surface area (TPSA) is 124 Å². The number of carbonyl (C=O) groups is 2. The maximum Gasteiger partial charge on any atom is 0.336 e. The summed E-state index contributed by atoms with van der Waals surface area (Å²) in [6.45, 7) is 1.89. The molecule has 0 aliphatic carbocycles. The predicted molar refractivity (Wildman–Crippen MR) is 72.1 cm³/mol. The number of carboxylic acids is 1. The number of aromatic carboxylic acids is 1. The highest BCUT2D eigenvalue weighted by atomic mass is 32.2. The summed E-state index contributed by atoms with van der Waals surface area (Å²) in [5, 5.41) is 14.0. The molecule has 0 bridgehead atoms. The summed E-state index contributed by atoms with van der Waals surface area (Å²) in [6.07, 6.45) is 0. The molecule has 0 heterocycles. The van der Waals surface area contributed by atoms with E-state index in [1.165, 1.54) is 12.1 Å². The first-order valence-corrected chi connectivity index (χ1v) is 7.97. The Morgan fingerprint density at radius 3 is 2.55 bits per heavy atom. The second kappa shape index (κ2) is 6.73. The minimum Gasteiger partial charge on any atom is -0.478 e. The third kappa shape index (κ3) is 4.51. The molecule has 0 atom stereocenters. The summed E-state index contributed by atoms with van der Waals surface area (Å²) >= 11 is 0.952. The van der Waals surface area contributed by atoms with Gasteiger partial charge in [0.1, 0.15) is 0 Å². The number of thioether (sulfide) groups is 1. The van der Waals surface area contributed by atoms with Crippen molar-refractivity contribution in [3.63, 3.8) is 0 Å². The lowest BCUT2D eigenvalue weighted by molar-refractivity contribution is -0.139. The van der Waals surface area contributed by atoms with Crippen LogP contribution in [0.5, 0.6) is 0 Å². The number of nitrogens with two attached hydrogens (primary N) is 1. The SMILES string of the molecule is CCOC(=O)CSc1ccc(S(N)(=O)=O)cc1C(=O)O. The lowest BCUT2D eigenvalue weighted by Gasteiger charge is -2.07. The second-order valence-corrected chi connectivity index (χ2v) is 6.18. The van der Waals surface area contributed by atoms with Gasteiger partial charge in [-0.3, -0.25) is 4.79 Å². The number of rotatable bonds is 6. The predicted octanol–water partition coefficient (Wildman–Crippen LogP) is 0.687. The van der Waals surface area contributed by atoms with Crippen LogP contribution in [-0.4, -0.2) is 37.8 Å². The highest BCUT2D eigenvalue weighted by molar-refractivity contribution is 8.00. The van der Waals surface area contributed by atoms with E-state index >= 15 is 0 Å². The Labute approximate surface area is 120 Å². The Bertz CT molecular complexity index is 626. The molecule has 0 saturated carbocycles. The van der Waals surface area contributed by atoms with Gasteiger partial charge in [0.15, 0.2) is 0 Å². The molecule has 0 aliphatic heterocycles. The van der Waals surface area contributed by atoms with Gasteiger partial charge in [0.25, 0.3) is 0 Å². The Morgan fingerprint density at radius 1 is 1.40 bits per heavy atom. The highest BCUT2D eigenvalue weighted by Gasteiger charge is 2.17. The normalized spacial score (nSPS) is 11.1. The van der Waals surface area contributed by atoms with Crippen LogP contribution >= 0.6 is 11.8 Å². The summed E-state index contributed by atoms with van der Waals surface area (Å²) in [6, 6.07) is 3.45. The van der Waals surface area contributed by atoms with Crippen molar-refractivity contribution < 1.29 is 27.9 Å². The van der Waals surface area contributed by atoms with Crippen molar-refractivity contribution >= 4 is 33.7 Å². The van der Waals surface area contributed by atoms with Crippen molar-refractivity contribution in [1.29, 1.82) is 0 Å². The molecule has 7 nitrogen and oxygen atoms in total. The molecule has 1 rings (SSSR count). The molecule has 0 aromatic heterocycles. The lowest BCUT2D eigenvalue weighted by Crippen LogP contribution is -2.13. The van der Waals surface area contributed by atoms with Crippen molar-refractivity contribution in [3.05, 3.63) is 23.8 Å². The Morgan fingerprint density at radius 2 is 2.05 bits per heavy atom. The van der Waals surface area contributed by atoms with Crippen molar-refractivity contribution in [2.24, 2.45) is 5.14 Å². The zero-order valence-corrected chi connectivity index (χ0v) is 12.2. The molecule has 0 unspecified atom stereocenters. The summed E-state index contributed by atoms with van der Waals surface area (Å²) in [4.78, 5) is 22.3. The molecule has 0 spiro atoms. The molecule has 1 aromatic rings. The van der Waals surface area contributed by atoms with Gasteiger partial charge in [-0.25, -0.2) is 18.4 Å². The number of carboxylic acid groups (broad SMARTS) is 1. The van der Waals surface area contributed by atoms with Crippen LogP contribution in [0.15, 0.2) is 28.0 Å². The molecule has 9 heteroatoms. The first kappa shape index (κ1) is 16.5. The van der Waals surface area contributed by atoms with Gasteiger partial charge < -0.3 is 9.84 Å². The molecular weight excluding hydrogens is 306 g/mol. The molecule has 110 valence electrons. The van der Waals surface area contributed by atoms with Gasteiger partial charge in [0.2, 0.25) is 10.0 Å². The van der Waals surface area contributed by atoms with E-state index in [-0.39, 0.29) is 27.7 Å². The number of esters is 1. The summed E-state index contributed by atoms with van der Waals surface area (Å²) in [5.74, 6) is -1.85. The number of carbonyl (C=O) groups excluding carboxylic acids is 1. The number of benzene rings is 1. The largest absolute Gasteiger partial charge is 0.478 e. The third-order valence-corrected chi connectivity index (χ3v) is 4.12. The van der Waals surface area contributed by atoms with E-state index in [0.29, 0.717) is 0 Å². The number of hydrogen-bond acceptors (Lipinski definition) is 6. The molecule has 0 fully saturated rings. The monoisotopic (exact) mass is 319 g/mol. The van der Waals surface area contributed by atoms with Crippen LogP contribution in [0.2, 0.25) is 0 Å². The van der Waals surface area contributed by atoms with Crippen molar-refractivity contribution in [2.45, 2.75) is 16.7 Å². The van der Waals surface area contributed by atoms with Crippen molar-refractivity contribution in [2.75, 3.05) is 12.4 Å². The first-order valence-electron chi connectivity index (χ1n) is 5.44. The fourth-order valence-electron chi connectivity index (χ4n) is 1.32. The zero-order chi connectivity index (χ0) is 15.3. The van der Waals surface area contributed by atoms with Gasteiger partial charge in [-0.1, -0.05) is 0 Å². The molecule has 0 amide bonds. The fourth-order valence-corrected chi connectivity index (χ4v) is 2.68. The van der Waals surface area contributed by atoms with E-state index in [4.69, 9.17) is 15.0 Å². The minimum absolute atomic E-state index is 0.0666. The Balaban J connectivity index is 3.03. The van der Waals surface area contributed by atoms with Gasteiger partial charge in [-0.2, -0.15) is 0 Å². The first-order chi connectivity index (χ1) is 9.25. The molecule has 0 aliphatic rings. The maximum absolute atomic E-state index is 11.2. The van der Waals surface area contributed by atoms with E-state index < -0.39 is 22.0 Å². The maximum atomic E-state index is 11.2. The standard InChI is InChI=1S/C11H13NO6S2/c1-2-18-10(13)6-19-9-4-3-7(20(12,16)17)5-8(9)11(14)15/h3-5H,2,6H2,1H3,(H,14,15)(H2,12,16,17). The van der Waals surface area contributed by atoms with E-state index in [0.717, 1.165) is 17.8 Å². The third-order valence-electron chi connectivity index (χ3n) is 2.16. The van der Waals surface area contributed by atoms with Crippen molar-refractivity contribution in [3.8, 4) is 0 Å². The van der Waals surface area contributed by atoms with Gasteiger partial charge >= 0.3 is 11.9 Å².